The van der Waals surface area contributed by atoms with Gasteiger partial charge in [-0.2, -0.15) is 43.9 Å². The lowest BCUT2D eigenvalue weighted by Crippen LogP contribution is -2.46. The number of alkyl halides is 10. The van der Waals surface area contributed by atoms with Crippen molar-refractivity contribution >= 4 is 22.8 Å². The van der Waals surface area contributed by atoms with Crippen LogP contribution in [0.3, 0.4) is 0 Å². The first-order valence-corrected chi connectivity index (χ1v) is 7.30. The molecule has 0 saturated carbocycles. The van der Waals surface area contributed by atoms with Gasteiger partial charge in [-0.05, 0) is 12.1 Å². The first-order chi connectivity index (χ1) is 13.4. The number of hydrogen-bond donors (Lipinski definition) is 0. The molecule has 5 nitrogen and oxygen atoms in total. The summed E-state index contributed by atoms with van der Waals surface area (Å²) in [5, 5.41) is -0.416. The number of methoxy groups -OCH3 is 1. The van der Waals surface area contributed by atoms with Gasteiger partial charge in [-0.3, -0.25) is 9.36 Å². The Bertz CT molecular complexity index is 990. The van der Waals surface area contributed by atoms with E-state index in [2.05, 4.69) is 9.47 Å². The Morgan fingerprint density at radius 2 is 1.37 bits per heavy atom. The van der Waals surface area contributed by atoms with Crippen LogP contribution >= 0.6 is 0 Å². The molecule has 0 bridgehead atoms. The lowest BCUT2D eigenvalue weighted by Gasteiger charge is -2.19. The van der Waals surface area contributed by atoms with E-state index < -0.39 is 58.5 Å². The van der Waals surface area contributed by atoms with Gasteiger partial charge >= 0.3 is 36.1 Å². The predicted molar refractivity (Wildman–Crippen MR) is 76.8 cm³/mol. The van der Waals surface area contributed by atoms with Gasteiger partial charge < -0.3 is 9.47 Å². The highest BCUT2D eigenvalue weighted by molar-refractivity contribution is 5.97. The highest BCUT2D eigenvalue weighted by atomic mass is 19.4. The number of aromatic nitrogens is 1. The predicted octanol–water partition coefficient (Wildman–Crippen LogP) is 4.59. The SMILES string of the molecule is COc1cc2c(ccn2C(=O)C(F)(F)C(F)(F)F)cc1OC(=O)C(F)(F)C(F)(F)F. The Balaban J connectivity index is 2.52. The van der Waals surface area contributed by atoms with Crippen LogP contribution in [0.4, 0.5) is 43.9 Å². The van der Waals surface area contributed by atoms with E-state index in [-0.39, 0.29) is 4.57 Å². The van der Waals surface area contributed by atoms with Crippen molar-refractivity contribution in [1.29, 1.82) is 0 Å². The maximum atomic E-state index is 13.3. The average Bonchev–Trinajstić information content (AvgIpc) is 3.00. The summed E-state index contributed by atoms with van der Waals surface area (Å²) in [5.74, 6) is -19.3. The summed E-state index contributed by atoms with van der Waals surface area (Å²) in [7, 11) is 0.791. The molecule has 0 N–H and O–H groups in total. The molecule has 15 heteroatoms. The van der Waals surface area contributed by atoms with E-state index in [1.807, 2.05) is 0 Å². The van der Waals surface area contributed by atoms with Crippen LogP contribution in [0.25, 0.3) is 10.9 Å². The third kappa shape index (κ3) is 3.75. The number of benzene rings is 1. The first kappa shape index (κ1) is 23.3. The minimum atomic E-state index is -6.29. The molecule has 1 aromatic carbocycles. The van der Waals surface area contributed by atoms with Crippen LogP contribution in [0.1, 0.15) is 4.79 Å². The number of nitrogens with zero attached hydrogens (tertiary/aromatic N) is 1. The van der Waals surface area contributed by atoms with Crippen molar-refractivity contribution in [3.05, 3.63) is 24.4 Å². The smallest absolute Gasteiger partial charge is 0.465 e. The van der Waals surface area contributed by atoms with Crippen molar-refractivity contribution < 1.29 is 63.0 Å². The monoisotopic (exact) mass is 455 g/mol. The lowest BCUT2D eigenvalue weighted by atomic mass is 10.2. The molecule has 0 spiro atoms. The largest absolute Gasteiger partial charge is 0.493 e. The van der Waals surface area contributed by atoms with Crippen molar-refractivity contribution in [3.63, 3.8) is 0 Å². The van der Waals surface area contributed by atoms with E-state index >= 15 is 0 Å². The Morgan fingerprint density at radius 3 is 1.83 bits per heavy atom. The van der Waals surface area contributed by atoms with Crippen molar-refractivity contribution in [2.45, 2.75) is 24.2 Å². The molecule has 2 rings (SSSR count). The zero-order valence-corrected chi connectivity index (χ0v) is 14.2. The Morgan fingerprint density at radius 1 is 0.833 bits per heavy atom. The molecule has 0 saturated heterocycles. The van der Waals surface area contributed by atoms with E-state index in [4.69, 9.17) is 0 Å². The molecule has 0 aliphatic carbocycles. The quantitative estimate of drug-likeness (QED) is 0.385. The van der Waals surface area contributed by atoms with Crippen molar-refractivity contribution in [1.82, 2.24) is 4.57 Å². The highest BCUT2D eigenvalue weighted by Gasteiger charge is 2.65. The number of carbonyl (C=O) groups is 2. The van der Waals surface area contributed by atoms with E-state index in [0.29, 0.717) is 18.3 Å². The maximum Gasteiger partial charge on any atom is 0.465 e. The minimum absolute atomic E-state index is 0.138. The Kier molecular flexibility index (Phi) is 5.47. The molecule has 0 aliphatic rings. The molecule has 1 heterocycles. The van der Waals surface area contributed by atoms with Gasteiger partial charge in [0.2, 0.25) is 0 Å². The highest BCUT2D eigenvalue weighted by Crippen LogP contribution is 2.41. The van der Waals surface area contributed by atoms with Gasteiger partial charge in [0.15, 0.2) is 11.5 Å². The Hall–Kier alpha value is -3.00. The normalized spacial score (nSPS) is 13.4. The topological polar surface area (TPSA) is 57.5 Å². The van der Waals surface area contributed by atoms with E-state index in [9.17, 15) is 53.5 Å². The molecule has 0 amide bonds. The molecule has 1 aromatic heterocycles. The van der Waals surface area contributed by atoms with Gasteiger partial charge in [0.25, 0.3) is 0 Å². The van der Waals surface area contributed by atoms with Gasteiger partial charge in [0, 0.05) is 17.6 Å². The molecule has 2 aromatic rings. The van der Waals surface area contributed by atoms with Crippen LogP contribution in [0.2, 0.25) is 0 Å². The number of ether oxygens (including phenoxy) is 2. The van der Waals surface area contributed by atoms with E-state index in [1.165, 1.54) is 0 Å². The maximum absolute atomic E-state index is 13.3. The molecular weight excluding hydrogens is 448 g/mol. The standard InChI is InChI=1S/C15H7F10NO4/c1-29-8-5-7-6(2-3-26(7)10(27)12(16,17)14(20,21)22)4-9(8)30-11(28)13(18,19)15(23,24)25/h2-5H,1H3. The zero-order chi connectivity index (χ0) is 23.3. The van der Waals surface area contributed by atoms with E-state index in [1.54, 1.807) is 0 Å². The number of fused-ring (bicyclic) bond motifs is 1. The summed E-state index contributed by atoms with van der Waals surface area (Å²) >= 11 is 0. The molecule has 0 atom stereocenters. The molecule has 0 unspecified atom stereocenters. The zero-order valence-electron chi connectivity index (χ0n) is 14.2. The number of rotatable bonds is 4. The summed E-state index contributed by atoms with van der Waals surface area (Å²) in [6, 6.07) is 1.82. The summed E-state index contributed by atoms with van der Waals surface area (Å²) in [4.78, 5) is 22.8. The second kappa shape index (κ2) is 7.05. The fourth-order valence-electron chi connectivity index (χ4n) is 2.11. The van der Waals surface area contributed by atoms with Crippen LogP contribution < -0.4 is 9.47 Å². The van der Waals surface area contributed by atoms with Crippen LogP contribution in [0, 0.1) is 0 Å². The second-order valence-electron chi connectivity index (χ2n) is 5.59. The fraction of sp³-hybridized carbons (Fsp3) is 0.333. The van der Waals surface area contributed by atoms with Crippen molar-refractivity contribution in [2.75, 3.05) is 7.11 Å². The molecule has 0 radical (unpaired) electrons. The van der Waals surface area contributed by atoms with Gasteiger partial charge in [-0.25, -0.2) is 4.79 Å². The third-order valence-corrected chi connectivity index (χ3v) is 3.63. The first-order valence-electron chi connectivity index (χ1n) is 7.30. The number of esters is 1. The minimum Gasteiger partial charge on any atom is -0.493 e. The van der Waals surface area contributed by atoms with Crippen molar-refractivity contribution in [3.8, 4) is 11.5 Å². The summed E-state index contributed by atoms with van der Waals surface area (Å²) in [6.07, 6.45) is -12.1. The van der Waals surface area contributed by atoms with E-state index in [0.717, 1.165) is 13.2 Å². The van der Waals surface area contributed by atoms with Gasteiger partial charge in [-0.15, -0.1) is 0 Å². The number of carbonyl (C=O) groups excluding carboxylic acids is 2. The molecule has 30 heavy (non-hydrogen) atoms. The van der Waals surface area contributed by atoms with Crippen molar-refractivity contribution in [2.24, 2.45) is 0 Å². The summed E-state index contributed by atoms with van der Waals surface area (Å²) in [5.41, 5.74) is -0.664. The second-order valence-corrected chi connectivity index (χ2v) is 5.59. The van der Waals surface area contributed by atoms with Gasteiger partial charge in [-0.1, -0.05) is 0 Å². The van der Waals surface area contributed by atoms with Crippen LogP contribution in [-0.2, 0) is 4.79 Å². The fourth-order valence-corrected chi connectivity index (χ4v) is 2.11. The third-order valence-electron chi connectivity index (χ3n) is 3.63. The lowest BCUT2D eigenvalue weighted by molar-refractivity contribution is -0.276. The van der Waals surface area contributed by atoms with Gasteiger partial charge in [0.1, 0.15) is 0 Å². The Labute approximate surface area is 158 Å². The molecule has 0 aliphatic heterocycles. The number of hydrogen-bond acceptors (Lipinski definition) is 4. The molecule has 166 valence electrons. The molecule has 0 fully saturated rings. The molecular formula is C15H7F10NO4. The van der Waals surface area contributed by atoms with Crippen LogP contribution in [0.15, 0.2) is 24.4 Å². The van der Waals surface area contributed by atoms with Crippen LogP contribution in [-0.4, -0.2) is 47.8 Å². The van der Waals surface area contributed by atoms with Crippen LogP contribution in [0.5, 0.6) is 11.5 Å². The summed E-state index contributed by atoms with van der Waals surface area (Å²) < 4.78 is 135. The van der Waals surface area contributed by atoms with Gasteiger partial charge in [0.05, 0.1) is 12.6 Å². The summed E-state index contributed by atoms with van der Waals surface area (Å²) in [6.45, 7) is 0. The number of halogens is 10. The average molecular weight is 455 g/mol.